The maximum atomic E-state index is 11.9. The number of carbonyl (C=O) groups is 2. The van der Waals surface area contributed by atoms with Crippen molar-refractivity contribution in [1.82, 2.24) is 20.2 Å². The predicted octanol–water partition coefficient (Wildman–Crippen LogP) is -0.205. The average molecular weight is 268 g/mol. The van der Waals surface area contributed by atoms with Gasteiger partial charge in [-0.2, -0.15) is 0 Å². The van der Waals surface area contributed by atoms with Gasteiger partial charge in [-0.15, -0.1) is 0 Å². The van der Waals surface area contributed by atoms with Crippen molar-refractivity contribution >= 4 is 12.0 Å². The van der Waals surface area contributed by atoms with E-state index in [-0.39, 0.29) is 19.0 Å². The van der Waals surface area contributed by atoms with E-state index in [1.165, 1.54) is 0 Å². The Hall–Kier alpha value is -2.09. The van der Waals surface area contributed by atoms with Crippen LogP contribution in [0, 0.1) is 0 Å². The van der Waals surface area contributed by atoms with Gasteiger partial charge in [0.1, 0.15) is 5.82 Å². The van der Waals surface area contributed by atoms with Crippen molar-refractivity contribution in [2.45, 2.75) is 19.1 Å². The third-order valence-corrected chi connectivity index (χ3v) is 2.79. The van der Waals surface area contributed by atoms with Crippen molar-refractivity contribution in [3.63, 3.8) is 0 Å². The smallest absolute Gasteiger partial charge is 0.317 e. The number of nitrogens with zero attached hydrogens (tertiary/aromatic N) is 2. The normalized spacial score (nSPS) is 19.2. The van der Waals surface area contributed by atoms with Crippen LogP contribution >= 0.6 is 0 Å². The molecule has 0 spiro atoms. The van der Waals surface area contributed by atoms with Gasteiger partial charge in [-0.1, -0.05) is 0 Å². The van der Waals surface area contributed by atoms with E-state index in [1.807, 2.05) is 0 Å². The van der Waals surface area contributed by atoms with E-state index in [2.05, 4.69) is 15.3 Å². The van der Waals surface area contributed by atoms with Gasteiger partial charge in [0.15, 0.2) is 0 Å². The maximum absolute atomic E-state index is 11.9. The second-order valence-corrected chi connectivity index (χ2v) is 4.23. The number of carboxylic acid groups (broad SMARTS) is 1. The molecule has 1 aliphatic rings. The molecule has 1 unspecified atom stereocenters. The van der Waals surface area contributed by atoms with Crippen molar-refractivity contribution in [2.75, 3.05) is 19.7 Å². The number of hydrogen-bond donors (Lipinski definition) is 3. The fourth-order valence-corrected chi connectivity index (χ4v) is 1.89. The predicted molar refractivity (Wildman–Crippen MR) is 64.4 cm³/mol. The summed E-state index contributed by atoms with van der Waals surface area (Å²) in [6.45, 7) is 1.41. The first-order valence-electron chi connectivity index (χ1n) is 5.99. The molecule has 2 heterocycles. The molecule has 1 atom stereocenters. The molecule has 8 nitrogen and oxygen atoms in total. The van der Waals surface area contributed by atoms with E-state index in [0.29, 0.717) is 25.5 Å². The molecule has 0 saturated carbocycles. The van der Waals surface area contributed by atoms with E-state index in [0.717, 1.165) is 0 Å². The standard InChI is InChI=1S/C11H16N4O4/c16-10(17)5-8-7-15(3-4-19-8)11(18)14-6-9-12-1-2-13-9/h1-2,8H,3-7H2,(H,12,13)(H,14,18)(H,16,17). The number of morpholine rings is 1. The first-order chi connectivity index (χ1) is 9.15. The lowest BCUT2D eigenvalue weighted by Crippen LogP contribution is -2.49. The summed E-state index contributed by atoms with van der Waals surface area (Å²) in [5.74, 6) is -0.258. The van der Waals surface area contributed by atoms with E-state index in [4.69, 9.17) is 9.84 Å². The molecule has 104 valence electrons. The van der Waals surface area contributed by atoms with Crippen LogP contribution in [0.25, 0.3) is 0 Å². The number of carbonyl (C=O) groups excluding carboxylic acids is 1. The quantitative estimate of drug-likeness (QED) is 0.700. The number of aromatic amines is 1. The second-order valence-electron chi connectivity index (χ2n) is 4.23. The first-order valence-corrected chi connectivity index (χ1v) is 5.99. The highest BCUT2D eigenvalue weighted by Crippen LogP contribution is 2.08. The molecule has 2 amide bonds. The number of carboxylic acids is 1. The Morgan fingerprint density at radius 3 is 3.16 bits per heavy atom. The van der Waals surface area contributed by atoms with Gasteiger partial charge in [-0.25, -0.2) is 9.78 Å². The van der Waals surface area contributed by atoms with Crippen molar-refractivity contribution in [3.05, 3.63) is 18.2 Å². The lowest BCUT2D eigenvalue weighted by Gasteiger charge is -2.32. The molecule has 1 fully saturated rings. The van der Waals surface area contributed by atoms with Crippen LogP contribution in [0.3, 0.4) is 0 Å². The number of urea groups is 1. The Morgan fingerprint density at radius 1 is 1.63 bits per heavy atom. The highest BCUT2D eigenvalue weighted by atomic mass is 16.5. The molecule has 0 bridgehead atoms. The summed E-state index contributed by atoms with van der Waals surface area (Å²) in [6.07, 6.45) is 2.75. The lowest BCUT2D eigenvalue weighted by molar-refractivity contribution is -0.141. The molecule has 2 rings (SSSR count). The molecule has 1 aromatic heterocycles. The molecular formula is C11H16N4O4. The summed E-state index contributed by atoms with van der Waals surface area (Å²) in [5.41, 5.74) is 0. The van der Waals surface area contributed by atoms with E-state index < -0.39 is 12.1 Å². The lowest BCUT2D eigenvalue weighted by atomic mass is 10.2. The van der Waals surface area contributed by atoms with Gasteiger partial charge >= 0.3 is 12.0 Å². The zero-order chi connectivity index (χ0) is 13.7. The van der Waals surface area contributed by atoms with E-state index in [9.17, 15) is 9.59 Å². The Kier molecular flexibility index (Phi) is 4.35. The largest absolute Gasteiger partial charge is 0.481 e. The average Bonchev–Trinajstić information content (AvgIpc) is 2.88. The number of aliphatic carboxylic acids is 1. The molecule has 1 aromatic rings. The third-order valence-electron chi connectivity index (χ3n) is 2.79. The maximum Gasteiger partial charge on any atom is 0.317 e. The van der Waals surface area contributed by atoms with Crippen molar-refractivity contribution in [3.8, 4) is 0 Å². The van der Waals surface area contributed by atoms with Crippen LogP contribution in [0.5, 0.6) is 0 Å². The fourth-order valence-electron chi connectivity index (χ4n) is 1.89. The minimum absolute atomic E-state index is 0.0953. The summed E-state index contributed by atoms with van der Waals surface area (Å²) in [4.78, 5) is 30.9. The molecule has 0 aliphatic carbocycles. The second kappa shape index (κ2) is 6.19. The van der Waals surface area contributed by atoms with Crippen LogP contribution in [0.2, 0.25) is 0 Å². The highest BCUT2D eigenvalue weighted by molar-refractivity contribution is 5.74. The van der Waals surface area contributed by atoms with Crippen LogP contribution in [-0.4, -0.2) is 57.8 Å². The topological polar surface area (TPSA) is 108 Å². The van der Waals surface area contributed by atoms with Crippen LogP contribution in [-0.2, 0) is 16.1 Å². The Bertz CT molecular complexity index is 434. The number of aromatic nitrogens is 2. The Morgan fingerprint density at radius 2 is 2.47 bits per heavy atom. The summed E-state index contributed by atoms with van der Waals surface area (Å²) < 4.78 is 5.30. The van der Waals surface area contributed by atoms with Gasteiger partial charge in [0.2, 0.25) is 0 Å². The van der Waals surface area contributed by atoms with Gasteiger partial charge in [0.25, 0.3) is 0 Å². The molecule has 3 N–H and O–H groups in total. The number of amides is 2. The third kappa shape index (κ3) is 3.95. The van der Waals surface area contributed by atoms with Gasteiger partial charge in [0, 0.05) is 25.5 Å². The molecule has 19 heavy (non-hydrogen) atoms. The van der Waals surface area contributed by atoms with Gasteiger partial charge in [-0.3, -0.25) is 4.79 Å². The molecule has 0 radical (unpaired) electrons. The molecular weight excluding hydrogens is 252 g/mol. The van der Waals surface area contributed by atoms with Crippen LogP contribution < -0.4 is 5.32 Å². The SMILES string of the molecule is O=C(O)CC1CN(C(=O)NCc2ncc[nH]2)CCO1. The number of ether oxygens (including phenoxy) is 1. The van der Waals surface area contributed by atoms with E-state index in [1.54, 1.807) is 17.3 Å². The van der Waals surface area contributed by atoms with Crippen molar-refractivity contribution < 1.29 is 19.4 Å². The minimum atomic E-state index is -0.928. The number of imidazole rings is 1. The van der Waals surface area contributed by atoms with Gasteiger partial charge < -0.3 is 25.0 Å². The zero-order valence-corrected chi connectivity index (χ0v) is 10.3. The summed E-state index contributed by atoms with van der Waals surface area (Å²) in [7, 11) is 0. The number of H-pyrrole nitrogens is 1. The number of nitrogens with one attached hydrogen (secondary N) is 2. The summed E-state index contributed by atoms with van der Waals surface area (Å²) in [5, 5.41) is 11.4. The molecule has 1 aliphatic heterocycles. The van der Waals surface area contributed by atoms with Crippen molar-refractivity contribution in [1.29, 1.82) is 0 Å². The summed E-state index contributed by atoms with van der Waals surface area (Å²) >= 11 is 0. The zero-order valence-electron chi connectivity index (χ0n) is 10.3. The minimum Gasteiger partial charge on any atom is -0.481 e. The van der Waals surface area contributed by atoms with Crippen LogP contribution in [0.4, 0.5) is 4.79 Å². The molecule has 8 heteroatoms. The first kappa shape index (κ1) is 13.3. The number of rotatable bonds is 4. The molecule has 0 aromatic carbocycles. The number of hydrogen-bond acceptors (Lipinski definition) is 4. The fraction of sp³-hybridized carbons (Fsp3) is 0.545. The van der Waals surface area contributed by atoms with Crippen LogP contribution in [0.1, 0.15) is 12.2 Å². The van der Waals surface area contributed by atoms with Gasteiger partial charge in [0.05, 0.1) is 25.7 Å². The molecule has 1 saturated heterocycles. The van der Waals surface area contributed by atoms with E-state index >= 15 is 0 Å². The van der Waals surface area contributed by atoms with Gasteiger partial charge in [-0.05, 0) is 0 Å². The highest BCUT2D eigenvalue weighted by Gasteiger charge is 2.25. The van der Waals surface area contributed by atoms with Crippen molar-refractivity contribution in [2.24, 2.45) is 0 Å². The Balaban J connectivity index is 1.79. The monoisotopic (exact) mass is 268 g/mol. The summed E-state index contributed by atoms with van der Waals surface area (Å²) in [6, 6.07) is -0.241. The van der Waals surface area contributed by atoms with Crippen LogP contribution in [0.15, 0.2) is 12.4 Å². The Labute approximate surface area is 109 Å².